The van der Waals surface area contributed by atoms with Crippen LogP contribution in [0.2, 0.25) is 0 Å². The van der Waals surface area contributed by atoms with Gasteiger partial charge in [-0.3, -0.25) is 4.79 Å². The van der Waals surface area contributed by atoms with Gasteiger partial charge in [-0.1, -0.05) is 17.7 Å². The third-order valence-corrected chi connectivity index (χ3v) is 4.01. The fraction of sp³-hybridized carbons (Fsp3) is 0.417. The van der Waals surface area contributed by atoms with E-state index in [-0.39, 0.29) is 24.0 Å². The van der Waals surface area contributed by atoms with Crippen LogP contribution >= 0.6 is 0 Å². The zero-order valence-corrected chi connectivity index (χ0v) is 11.0. The van der Waals surface area contributed by atoms with E-state index in [2.05, 4.69) is 5.32 Å². The number of sulfone groups is 1. The lowest BCUT2D eigenvalue weighted by atomic mass is 10.1. The molecule has 18 heavy (non-hydrogen) atoms. The summed E-state index contributed by atoms with van der Waals surface area (Å²) in [5.74, 6) is -0.726. The number of aliphatic hydroxyl groups excluding tert-OH is 1. The summed E-state index contributed by atoms with van der Waals surface area (Å²) in [5, 5.41) is 11.1. The van der Waals surface area contributed by atoms with Crippen LogP contribution < -0.4 is 5.32 Å². The maximum Gasteiger partial charge on any atom is 0.251 e. The van der Waals surface area contributed by atoms with Gasteiger partial charge in [0.2, 0.25) is 0 Å². The number of hydrogen-bond acceptors (Lipinski definition) is 4. The Balaban J connectivity index is 2.48. The first-order valence-corrected chi connectivity index (χ1v) is 7.43. The van der Waals surface area contributed by atoms with Crippen LogP contribution in [0.4, 0.5) is 0 Å². The Morgan fingerprint density at radius 1 is 1.33 bits per heavy atom. The average Bonchev–Trinajstić information content (AvgIpc) is 2.28. The van der Waals surface area contributed by atoms with Crippen LogP contribution in [0.3, 0.4) is 0 Å². The molecule has 0 fully saturated rings. The van der Waals surface area contributed by atoms with Crippen LogP contribution in [0.1, 0.15) is 15.9 Å². The molecule has 0 bridgehead atoms. The Hall–Kier alpha value is -1.40. The standard InChI is InChI=1S/C12H17NO4S/c1-10-3-2-4-11(9-10)12(15)13-5-7-18(16,17)8-6-14/h2-4,9,14H,5-8H2,1H3,(H,13,15). The maximum absolute atomic E-state index is 11.7. The van der Waals surface area contributed by atoms with Crippen LogP contribution in [0.5, 0.6) is 0 Å². The SMILES string of the molecule is Cc1cccc(C(=O)NCCS(=O)(=O)CCO)c1. The zero-order valence-electron chi connectivity index (χ0n) is 10.2. The average molecular weight is 271 g/mol. The first-order valence-electron chi connectivity index (χ1n) is 5.61. The topological polar surface area (TPSA) is 83.5 Å². The number of carbonyl (C=O) groups excluding carboxylic acids is 1. The van der Waals surface area contributed by atoms with E-state index < -0.39 is 16.4 Å². The summed E-state index contributed by atoms with van der Waals surface area (Å²) < 4.78 is 22.6. The lowest BCUT2D eigenvalue weighted by Gasteiger charge is -2.06. The Labute approximate surface area is 107 Å². The molecular formula is C12H17NO4S. The predicted octanol–water partition coefficient (Wildman–Crippen LogP) is 0.132. The van der Waals surface area contributed by atoms with Gasteiger partial charge in [-0.15, -0.1) is 0 Å². The summed E-state index contributed by atoms with van der Waals surface area (Å²) in [6, 6.07) is 7.05. The lowest BCUT2D eigenvalue weighted by molar-refractivity contribution is 0.0956. The van der Waals surface area contributed by atoms with E-state index in [4.69, 9.17) is 5.11 Å². The fourth-order valence-corrected chi connectivity index (χ4v) is 2.34. The molecule has 0 saturated heterocycles. The first-order chi connectivity index (χ1) is 8.44. The summed E-state index contributed by atoms with van der Waals surface area (Å²) in [6.07, 6.45) is 0. The molecule has 0 heterocycles. The molecule has 0 aliphatic carbocycles. The second-order valence-corrected chi connectivity index (χ2v) is 6.30. The van der Waals surface area contributed by atoms with Crippen LogP contribution in [-0.2, 0) is 9.84 Å². The van der Waals surface area contributed by atoms with Gasteiger partial charge in [0.1, 0.15) is 0 Å². The van der Waals surface area contributed by atoms with Gasteiger partial charge < -0.3 is 10.4 Å². The van der Waals surface area contributed by atoms with E-state index in [9.17, 15) is 13.2 Å². The number of amides is 1. The number of rotatable bonds is 6. The number of hydrogen-bond donors (Lipinski definition) is 2. The molecule has 5 nitrogen and oxygen atoms in total. The van der Waals surface area contributed by atoms with Crippen LogP contribution in [0, 0.1) is 6.92 Å². The van der Waals surface area contributed by atoms with Gasteiger partial charge in [0.25, 0.3) is 5.91 Å². The minimum atomic E-state index is -3.28. The van der Waals surface area contributed by atoms with Crippen LogP contribution in [-0.4, -0.2) is 44.1 Å². The molecule has 0 spiro atoms. The summed E-state index contributed by atoms with van der Waals surface area (Å²) in [5.41, 5.74) is 1.48. The van der Waals surface area contributed by atoms with Crippen molar-refractivity contribution in [2.75, 3.05) is 24.7 Å². The van der Waals surface area contributed by atoms with Crippen molar-refractivity contribution in [1.29, 1.82) is 0 Å². The molecule has 0 unspecified atom stereocenters. The molecule has 0 aliphatic heterocycles. The highest BCUT2D eigenvalue weighted by Gasteiger charge is 2.11. The van der Waals surface area contributed by atoms with Gasteiger partial charge in [-0.25, -0.2) is 8.42 Å². The monoisotopic (exact) mass is 271 g/mol. The van der Waals surface area contributed by atoms with E-state index in [0.717, 1.165) is 5.56 Å². The number of carbonyl (C=O) groups is 1. The first kappa shape index (κ1) is 14.7. The number of nitrogens with one attached hydrogen (secondary N) is 1. The molecule has 0 saturated carbocycles. The molecule has 0 radical (unpaired) electrons. The van der Waals surface area contributed by atoms with E-state index in [1.54, 1.807) is 18.2 Å². The Bertz CT molecular complexity index is 511. The molecule has 1 rings (SSSR count). The van der Waals surface area contributed by atoms with Gasteiger partial charge in [0.15, 0.2) is 9.84 Å². The third-order valence-electron chi connectivity index (χ3n) is 2.38. The van der Waals surface area contributed by atoms with Crippen molar-refractivity contribution in [1.82, 2.24) is 5.32 Å². The lowest BCUT2D eigenvalue weighted by Crippen LogP contribution is -2.30. The maximum atomic E-state index is 11.7. The van der Waals surface area contributed by atoms with Crippen molar-refractivity contribution < 1.29 is 18.3 Å². The predicted molar refractivity (Wildman–Crippen MR) is 69.3 cm³/mol. The van der Waals surface area contributed by atoms with E-state index in [1.165, 1.54) is 0 Å². The summed E-state index contributed by atoms with van der Waals surface area (Å²) in [7, 11) is -3.28. The summed E-state index contributed by atoms with van der Waals surface area (Å²) >= 11 is 0. The highest BCUT2D eigenvalue weighted by Crippen LogP contribution is 2.03. The molecule has 6 heteroatoms. The summed E-state index contributed by atoms with van der Waals surface area (Å²) in [6.45, 7) is 1.53. The molecule has 1 aromatic carbocycles. The zero-order chi connectivity index (χ0) is 13.6. The van der Waals surface area contributed by atoms with Crippen molar-refractivity contribution >= 4 is 15.7 Å². The van der Waals surface area contributed by atoms with Gasteiger partial charge in [0, 0.05) is 12.1 Å². The van der Waals surface area contributed by atoms with Crippen molar-refractivity contribution in [3.63, 3.8) is 0 Å². The quantitative estimate of drug-likeness (QED) is 0.770. The summed E-state index contributed by atoms with van der Waals surface area (Å²) in [4.78, 5) is 11.7. The highest BCUT2D eigenvalue weighted by molar-refractivity contribution is 7.91. The molecule has 1 amide bonds. The minimum Gasteiger partial charge on any atom is -0.395 e. The number of benzene rings is 1. The molecule has 100 valence electrons. The second kappa shape index (κ2) is 6.51. The third kappa shape index (κ3) is 4.85. The van der Waals surface area contributed by atoms with Crippen molar-refractivity contribution in [2.45, 2.75) is 6.92 Å². The molecule has 0 aromatic heterocycles. The molecule has 1 aromatic rings. The molecule has 0 aliphatic rings. The van der Waals surface area contributed by atoms with Gasteiger partial charge >= 0.3 is 0 Å². The van der Waals surface area contributed by atoms with Crippen molar-refractivity contribution in [2.24, 2.45) is 0 Å². The molecule has 0 atom stereocenters. The fourth-order valence-electron chi connectivity index (χ4n) is 1.45. The molecular weight excluding hydrogens is 254 g/mol. The van der Waals surface area contributed by atoms with E-state index in [0.29, 0.717) is 5.56 Å². The number of aryl methyl sites for hydroxylation is 1. The van der Waals surface area contributed by atoms with Gasteiger partial charge in [-0.2, -0.15) is 0 Å². The smallest absolute Gasteiger partial charge is 0.251 e. The van der Waals surface area contributed by atoms with E-state index >= 15 is 0 Å². The highest BCUT2D eigenvalue weighted by atomic mass is 32.2. The van der Waals surface area contributed by atoms with Crippen LogP contribution in [0.25, 0.3) is 0 Å². The second-order valence-electron chi connectivity index (χ2n) is 4.00. The Morgan fingerprint density at radius 3 is 2.67 bits per heavy atom. The largest absolute Gasteiger partial charge is 0.395 e. The molecule has 2 N–H and O–H groups in total. The number of aliphatic hydroxyl groups is 1. The Morgan fingerprint density at radius 2 is 2.06 bits per heavy atom. The van der Waals surface area contributed by atoms with Crippen molar-refractivity contribution in [3.8, 4) is 0 Å². The van der Waals surface area contributed by atoms with Gasteiger partial charge in [0.05, 0.1) is 18.1 Å². The van der Waals surface area contributed by atoms with Crippen molar-refractivity contribution in [3.05, 3.63) is 35.4 Å². The Kier molecular flexibility index (Phi) is 5.30. The minimum absolute atomic E-state index is 0.0507. The van der Waals surface area contributed by atoms with Gasteiger partial charge in [-0.05, 0) is 19.1 Å². The van der Waals surface area contributed by atoms with Crippen LogP contribution in [0.15, 0.2) is 24.3 Å². The normalized spacial score (nSPS) is 11.2. The van der Waals surface area contributed by atoms with E-state index in [1.807, 2.05) is 13.0 Å².